The predicted octanol–water partition coefficient (Wildman–Crippen LogP) is 1.47. The molecule has 5 nitrogen and oxygen atoms in total. The fraction of sp³-hybridized carbons (Fsp3) is 0.417. The highest BCUT2D eigenvalue weighted by Gasteiger charge is 2.21. The zero-order chi connectivity index (χ0) is 14.7. The summed E-state index contributed by atoms with van der Waals surface area (Å²) >= 11 is 5.95. The molecule has 0 fully saturated rings. The van der Waals surface area contributed by atoms with Gasteiger partial charge < -0.3 is 19.9 Å². The fourth-order valence-electron chi connectivity index (χ4n) is 1.63. The Bertz CT molecular complexity index is 512. The highest BCUT2D eigenvalue weighted by molar-refractivity contribution is 6.32. The summed E-state index contributed by atoms with van der Waals surface area (Å²) in [4.78, 5) is 11.8. The Labute approximate surface area is 118 Å². The SMILES string of the molecule is O=C(NCC(O)C(F)F)c1cc(Cl)c2c(c1)OCCO2. The van der Waals surface area contributed by atoms with Crippen LogP contribution in [0.25, 0.3) is 0 Å². The lowest BCUT2D eigenvalue weighted by atomic mass is 10.1. The first-order valence-corrected chi connectivity index (χ1v) is 6.20. The van der Waals surface area contributed by atoms with E-state index in [4.69, 9.17) is 26.2 Å². The van der Waals surface area contributed by atoms with Crippen LogP contribution in [0.5, 0.6) is 11.5 Å². The fourth-order valence-corrected chi connectivity index (χ4v) is 1.90. The lowest BCUT2D eigenvalue weighted by Crippen LogP contribution is -2.35. The summed E-state index contributed by atoms with van der Waals surface area (Å²) < 4.78 is 34.8. The van der Waals surface area contributed by atoms with Gasteiger partial charge in [0.25, 0.3) is 12.3 Å². The third-order valence-electron chi connectivity index (χ3n) is 2.62. The summed E-state index contributed by atoms with van der Waals surface area (Å²) in [5.74, 6) is 0.0361. The number of hydrogen-bond donors (Lipinski definition) is 2. The number of alkyl halides is 2. The highest BCUT2D eigenvalue weighted by Crippen LogP contribution is 2.38. The third kappa shape index (κ3) is 3.29. The van der Waals surface area contributed by atoms with Gasteiger partial charge in [-0.05, 0) is 12.1 Å². The Kier molecular flexibility index (Phi) is 4.61. The molecule has 0 radical (unpaired) electrons. The molecule has 0 saturated heterocycles. The van der Waals surface area contributed by atoms with Crippen LogP contribution >= 0.6 is 11.6 Å². The van der Waals surface area contributed by atoms with Gasteiger partial charge in [0.1, 0.15) is 19.3 Å². The first kappa shape index (κ1) is 14.8. The smallest absolute Gasteiger partial charge is 0.265 e. The molecule has 0 bridgehead atoms. The quantitative estimate of drug-likeness (QED) is 0.884. The van der Waals surface area contributed by atoms with E-state index in [1.165, 1.54) is 12.1 Å². The Hall–Kier alpha value is -1.60. The van der Waals surface area contributed by atoms with Crippen LogP contribution in [0.15, 0.2) is 12.1 Å². The van der Waals surface area contributed by atoms with E-state index in [0.29, 0.717) is 24.7 Å². The monoisotopic (exact) mass is 307 g/mol. The van der Waals surface area contributed by atoms with Crippen molar-refractivity contribution in [1.82, 2.24) is 5.32 Å². The van der Waals surface area contributed by atoms with Crippen molar-refractivity contribution < 1.29 is 28.2 Å². The number of halogens is 3. The molecule has 1 aromatic rings. The molecule has 2 rings (SSSR count). The molecule has 20 heavy (non-hydrogen) atoms. The summed E-state index contributed by atoms with van der Waals surface area (Å²) in [6, 6.07) is 2.75. The number of hydrogen-bond acceptors (Lipinski definition) is 4. The van der Waals surface area contributed by atoms with E-state index in [-0.39, 0.29) is 10.6 Å². The minimum atomic E-state index is -2.92. The van der Waals surface area contributed by atoms with E-state index in [1.807, 2.05) is 0 Å². The van der Waals surface area contributed by atoms with Crippen molar-refractivity contribution in [2.75, 3.05) is 19.8 Å². The molecule has 0 saturated carbocycles. The average molecular weight is 308 g/mol. The first-order valence-electron chi connectivity index (χ1n) is 5.82. The molecule has 1 aliphatic heterocycles. The van der Waals surface area contributed by atoms with Gasteiger partial charge in [0.05, 0.1) is 5.02 Å². The van der Waals surface area contributed by atoms with E-state index >= 15 is 0 Å². The van der Waals surface area contributed by atoms with Crippen LogP contribution in [-0.2, 0) is 0 Å². The van der Waals surface area contributed by atoms with Gasteiger partial charge >= 0.3 is 0 Å². The van der Waals surface area contributed by atoms with E-state index in [9.17, 15) is 13.6 Å². The van der Waals surface area contributed by atoms with Crippen molar-refractivity contribution in [2.45, 2.75) is 12.5 Å². The van der Waals surface area contributed by atoms with E-state index in [2.05, 4.69) is 5.32 Å². The summed E-state index contributed by atoms with van der Waals surface area (Å²) in [5, 5.41) is 11.3. The topological polar surface area (TPSA) is 67.8 Å². The van der Waals surface area contributed by atoms with E-state index in [1.54, 1.807) is 0 Å². The number of fused-ring (bicyclic) bond motifs is 1. The lowest BCUT2D eigenvalue weighted by Gasteiger charge is -2.20. The van der Waals surface area contributed by atoms with E-state index in [0.717, 1.165) is 0 Å². The number of aliphatic hydroxyl groups excluding tert-OH is 1. The maximum Gasteiger partial charge on any atom is 0.265 e. The number of benzene rings is 1. The normalized spacial score (nSPS) is 15.1. The Morgan fingerprint density at radius 2 is 2.10 bits per heavy atom. The van der Waals surface area contributed by atoms with Crippen LogP contribution < -0.4 is 14.8 Å². The molecular weight excluding hydrogens is 296 g/mol. The third-order valence-corrected chi connectivity index (χ3v) is 2.90. The second-order valence-electron chi connectivity index (χ2n) is 4.09. The second kappa shape index (κ2) is 6.23. The lowest BCUT2D eigenvalue weighted by molar-refractivity contribution is -0.00270. The maximum absolute atomic E-state index is 12.1. The molecular formula is C12H12ClF2NO4. The van der Waals surface area contributed by atoms with Crippen LogP contribution in [0, 0.1) is 0 Å². The van der Waals surface area contributed by atoms with Crippen molar-refractivity contribution in [3.05, 3.63) is 22.7 Å². The van der Waals surface area contributed by atoms with Gasteiger partial charge in [-0.25, -0.2) is 8.78 Å². The number of amides is 1. The number of aliphatic hydroxyl groups is 1. The highest BCUT2D eigenvalue weighted by atomic mass is 35.5. The summed E-state index contributed by atoms with van der Waals surface area (Å²) in [6.45, 7) is 0.139. The summed E-state index contributed by atoms with van der Waals surface area (Å²) in [6.07, 6.45) is -4.83. The number of ether oxygens (including phenoxy) is 2. The van der Waals surface area contributed by atoms with Gasteiger partial charge in [-0.3, -0.25) is 4.79 Å². The number of carbonyl (C=O) groups is 1. The molecule has 1 unspecified atom stereocenters. The van der Waals surface area contributed by atoms with Crippen molar-refractivity contribution in [3.8, 4) is 11.5 Å². The van der Waals surface area contributed by atoms with Crippen molar-refractivity contribution in [2.24, 2.45) is 0 Å². The number of nitrogens with one attached hydrogen (secondary N) is 1. The minimum Gasteiger partial charge on any atom is -0.486 e. The Morgan fingerprint density at radius 3 is 2.80 bits per heavy atom. The van der Waals surface area contributed by atoms with Crippen molar-refractivity contribution >= 4 is 17.5 Å². The Balaban J connectivity index is 2.09. The minimum absolute atomic E-state index is 0.140. The molecule has 8 heteroatoms. The molecule has 1 aromatic carbocycles. The first-order chi connectivity index (χ1) is 9.49. The van der Waals surface area contributed by atoms with Crippen LogP contribution in [0.1, 0.15) is 10.4 Å². The molecule has 0 aromatic heterocycles. The largest absolute Gasteiger partial charge is 0.486 e. The summed E-state index contributed by atoms with van der Waals surface area (Å²) in [5.41, 5.74) is 0.140. The standard InChI is InChI=1S/C12H12ClF2NO4/c13-7-3-6(4-9-10(7)20-2-1-19-9)12(18)16-5-8(17)11(14)15/h3-4,8,11,17H,1-2,5H2,(H,16,18). The molecule has 1 aliphatic rings. The number of carbonyl (C=O) groups excluding carboxylic acids is 1. The molecule has 1 heterocycles. The van der Waals surface area contributed by atoms with E-state index < -0.39 is 25.0 Å². The zero-order valence-electron chi connectivity index (χ0n) is 10.2. The van der Waals surface area contributed by atoms with Crippen molar-refractivity contribution in [1.29, 1.82) is 0 Å². The van der Waals surface area contributed by atoms with Gasteiger partial charge in [0.15, 0.2) is 11.5 Å². The van der Waals surface area contributed by atoms with Gasteiger partial charge in [-0.1, -0.05) is 11.6 Å². The van der Waals surface area contributed by atoms with Gasteiger partial charge in [0, 0.05) is 12.1 Å². The van der Waals surface area contributed by atoms with Gasteiger partial charge in [-0.2, -0.15) is 0 Å². The Morgan fingerprint density at radius 1 is 1.40 bits per heavy atom. The van der Waals surface area contributed by atoms with Gasteiger partial charge in [-0.15, -0.1) is 0 Å². The predicted molar refractivity (Wildman–Crippen MR) is 66.8 cm³/mol. The molecule has 0 aliphatic carbocycles. The molecule has 110 valence electrons. The summed E-state index contributed by atoms with van der Waals surface area (Å²) in [7, 11) is 0. The molecule has 1 atom stereocenters. The molecule has 1 amide bonds. The second-order valence-corrected chi connectivity index (χ2v) is 4.50. The van der Waals surface area contributed by atoms with Crippen LogP contribution in [0.4, 0.5) is 8.78 Å². The van der Waals surface area contributed by atoms with Gasteiger partial charge in [0.2, 0.25) is 0 Å². The zero-order valence-corrected chi connectivity index (χ0v) is 11.0. The molecule has 2 N–H and O–H groups in total. The van der Waals surface area contributed by atoms with Crippen molar-refractivity contribution in [3.63, 3.8) is 0 Å². The number of rotatable bonds is 4. The molecule has 0 spiro atoms. The van der Waals surface area contributed by atoms with Crippen LogP contribution in [-0.4, -0.2) is 43.3 Å². The maximum atomic E-state index is 12.1. The average Bonchev–Trinajstić information content (AvgIpc) is 2.44. The van der Waals surface area contributed by atoms with Crippen LogP contribution in [0.2, 0.25) is 5.02 Å². The van der Waals surface area contributed by atoms with Crippen LogP contribution in [0.3, 0.4) is 0 Å².